The van der Waals surface area contributed by atoms with Gasteiger partial charge in [-0.15, -0.1) is 0 Å². The van der Waals surface area contributed by atoms with Crippen LogP contribution < -0.4 is 5.32 Å². The van der Waals surface area contributed by atoms with E-state index in [2.05, 4.69) is 15.3 Å². The van der Waals surface area contributed by atoms with Crippen molar-refractivity contribution in [3.05, 3.63) is 89.2 Å². The van der Waals surface area contributed by atoms with E-state index in [4.69, 9.17) is 0 Å². The number of aromatic nitrogens is 1. The lowest BCUT2D eigenvalue weighted by Crippen LogP contribution is -2.07. The van der Waals surface area contributed by atoms with Crippen LogP contribution in [0.5, 0.6) is 0 Å². The number of rotatable bonds is 4. The number of benzene rings is 2. The van der Waals surface area contributed by atoms with E-state index in [-0.39, 0.29) is 0 Å². The van der Waals surface area contributed by atoms with Crippen molar-refractivity contribution in [2.75, 3.05) is 5.32 Å². The second-order valence-electron chi connectivity index (χ2n) is 6.34. The molecular formula is C21H16F3N3. The summed E-state index contributed by atoms with van der Waals surface area (Å²) in [4.78, 5) is 8.72. The van der Waals surface area contributed by atoms with E-state index >= 15 is 0 Å². The average molecular weight is 367 g/mol. The molecule has 1 aliphatic rings. The van der Waals surface area contributed by atoms with E-state index in [0.29, 0.717) is 24.2 Å². The highest BCUT2D eigenvalue weighted by molar-refractivity contribution is 6.08. The Hall–Kier alpha value is -3.15. The molecule has 2 heterocycles. The van der Waals surface area contributed by atoms with Crippen LogP contribution in [0, 0.1) is 0 Å². The summed E-state index contributed by atoms with van der Waals surface area (Å²) in [6, 6.07) is 15.0. The molecule has 1 N–H and O–H groups in total. The van der Waals surface area contributed by atoms with E-state index in [1.54, 1.807) is 18.5 Å². The van der Waals surface area contributed by atoms with Gasteiger partial charge in [0.25, 0.3) is 0 Å². The zero-order valence-corrected chi connectivity index (χ0v) is 14.3. The Balaban J connectivity index is 1.60. The predicted molar refractivity (Wildman–Crippen MR) is 99.4 cm³/mol. The predicted octanol–water partition coefficient (Wildman–Crippen LogP) is 5.39. The number of nitrogens with one attached hydrogen (secondary N) is 1. The van der Waals surface area contributed by atoms with Crippen molar-refractivity contribution in [3.63, 3.8) is 0 Å². The summed E-state index contributed by atoms with van der Waals surface area (Å²) >= 11 is 0. The highest BCUT2D eigenvalue weighted by Crippen LogP contribution is 2.37. The van der Waals surface area contributed by atoms with Gasteiger partial charge < -0.3 is 5.32 Å². The molecule has 3 aromatic rings. The van der Waals surface area contributed by atoms with Gasteiger partial charge in [-0.2, -0.15) is 13.2 Å². The second kappa shape index (κ2) is 6.87. The normalized spacial score (nSPS) is 13.2. The third-order valence-electron chi connectivity index (χ3n) is 4.45. The molecule has 0 fully saturated rings. The molecule has 4 rings (SSSR count). The van der Waals surface area contributed by atoms with Crippen LogP contribution in [0.3, 0.4) is 0 Å². The number of anilines is 1. The van der Waals surface area contributed by atoms with Crippen molar-refractivity contribution >= 4 is 17.1 Å². The lowest BCUT2D eigenvalue weighted by molar-refractivity contribution is -0.137. The van der Waals surface area contributed by atoms with Crippen molar-refractivity contribution in [1.29, 1.82) is 0 Å². The number of nitrogens with zero attached hydrogens (tertiary/aromatic N) is 2. The summed E-state index contributed by atoms with van der Waals surface area (Å²) in [5, 5.41) is 3.34. The van der Waals surface area contributed by atoms with Crippen LogP contribution >= 0.6 is 0 Å². The quantitative estimate of drug-likeness (QED) is 0.671. The third-order valence-corrected chi connectivity index (χ3v) is 4.45. The van der Waals surface area contributed by atoms with Crippen LogP contribution in [-0.2, 0) is 19.1 Å². The molecule has 0 spiro atoms. The Morgan fingerprint density at radius 2 is 1.85 bits per heavy atom. The van der Waals surface area contributed by atoms with E-state index < -0.39 is 11.7 Å². The Morgan fingerprint density at radius 1 is 1.00 bits per heavy atom. The summed E-state index contributed by atoms with van der Waals surface area (Å²) in [6.07, 6.45) is -0.347. The first-order valence-corrected chi connectivity index (χ1v) is 8.50. The van der Waals surface area contributed by atoms with Gasteiger partial charge in [0, 0.05) is 25.4 Å². The van der Waals surface area contributed by atoms with E-state index in [9.17, 15) is 13.2 Å². The van der Waals surface area contributed by atoms with Gasteiger partial charge >= 0.3 is 6.18 Å². The van der Waals surface area contributed by atoms with Gasteiger partial charge in [0.05, 0.1) is 22.6 Å². The molecule has 0 saturated heterocycles. The van der Waals surface area contributed by atoms with Crippen molar-refractivity contribution in [1.82, 2.24) is 4.98 Å². The van der Waals surface area contributed by atoms with Gasteiger partial charge in [0.2, 0.25) is 0 Å². The van der Waals surface area contributed by atoms with Gasteiger partial charge in [-0.1, -0.05) is 30.3 Å². The lowest BCUT2D eigenvalue weighted by atomic mass is 10.0. The minimum Gasteiger partial charge on any atom is -0.379 e. The molecule has 27 heavy (non-hydrogen) atoms. The summed E-state index contributed by atoms with van der Waals surface area (Å²) in [5.41, 5.74) is 4.17. The number of pyridine rings is 1. The molecule has 3 nitrogen and oxygen atoms in total. The molecular weight excluding hydrogens is 351 g/mol. The molecule has 0 atom stereocenters. The molecule has 1 aromatic heterocycles. The molecule has 0 unspecified atom stereocenters. The van der Waals surface area contributed by atoms with Crippen molar-refractivity contribution in [2.45, 2.75) is 19.1 Å². The molecule has 0 radical (unpaired) electrons. The van der Waals surface area contributed by atoms with Crippen LogP contribution in [0.2, 0.25) is 0 Å². The van der Waals surface area contributed by atoms with Crippen LogP contribution in [0.4, 0.5) is 24.5 Å². The molecule has 1 aliphatic heterocycles. The Kier molecular flexibility index (Phi) is 4.39. The molecule has 0 amide bonds. The fourth-order valence-corrected chi connectivity index (χ4v) is 3.11. The largest absolute Gasteiger partial charge is 0.416 e. The first kappa shape index (κ1) is 17.3. The third kappa shape index (κ3) is 3.69. The molecule has 2 aromatic carbocycles. The Morgan fingerprint density at radius 3 is 2.63 bits per heavy atom. The zero-order valence-electron chi connectivity index (χ0n) is 14.3. The minimum atomic E-state index is -4.36. The highest BCUT2D eigenvalue weighted by atomic mass is 19.4. The maximum Gasteiger partial charge on any atom is 0.416 e. The second-order valence-corrected chi connectivity index (χ2v) is 6.34. The van der Waals surface area contributed by atoms with Crippen LogP contribution in [0.1, 0.15) is 22.3 Å². The summed E-state index contributed by atoms with van der Waals surface area (Å²) in [6.45, 7) is 0.596. The maximum absolute atomic E-state index is 13.0. The molecule has 0 saturated carbocycles. The fraction of sp³-hybridized carbons (Fsp3) is 0.143. The van der Waals surface area contributed by atoms with Crippen LogP contribution in [-0.4, -0.2) is 10.7 Å². The van der Waals surface area contributed by atoms with Gasteiger partial charge in [0.15, 0.2) is 0 Å². The summed E-state index contributed by atoms with van der Waals surface area (Å²) < 4.78 is 39.0. The number of aliphatic imine (C=N–C) groups is 1. The first-order valence-electron chi connectivity index (χ1n) is 8.50. The van der Waals surface area contributed by atoms with Crippen LogP contribution in [0.15, 0.2) is 72.0 Å². The Bertz CT molecular complexity index is 995. The number of hydrogen-bond acceptors (Lipinski definition) is 3. The summed E-state index contributed by atoms with van der Waals surface area (Å²) in [5.74, 6) is 0. The molecule has 0 aliphatic carbocycles. The lowest BCUT2D eigenvalue weighted by Gasteiger charge is -2.09. The SMILES string of the molecule is FC(F)(F)c1cccc(C2=Nc3c(cccc3NCc3cccnc3)C2)c1. The van der Waals surface area contributed by atoms with Crippen molar-refractivity contribution < 1.29 is 13.2 Å². The van der Waals surface area contributed by atoms with Gasteiger partial charge in [-0.25, -0.2) is 0 Å². The number of hydrogen-bond donors (Lipinski definition) is 1. The standard InChI is InChI=1S/C21H16F3N3/c22-21(23,24)17-7-1-5-15(10-17)19-11-16-6-2-8-18(20(16)27-19)26-13-14-4-3-9-25-12-14/h1-10,12,26H,11,13H2. The highest BCUT2D eigenvalue weighted by Gasteiger charge is 2.31. The molecule has 0 bridgehead atoms. The van der Waals surface area contributed by atoms with E-state index in [1.807, 2.05) is 30.3 Å². The first-order chi connectivity index (χ1) is 13.0. The van der Waals surface area contributed by atoms with E-state index in [0.717, 1.165) is 34.6 Å². The maximum atomic E-state index is 13.0. The number of alkyl halides is 3. The summed E-state index contributed by atoms with van der Waals surface area (Å²) in [7, 11) is 0. The van der Waals surface area contributed by atoms with Gasteiger partial charge in [-0.3, -0.25) is 9.98 Å². The zero-order chi connectivity index (χ0) is 18.9. The van der Waals surface area contributed by atoms with Gasteiger partial charge in [0.1, 0.15) is 0 Å². The molecule has 6 heteroatoms. The van der Waals surface area contributed by atoms with Crippen LogP contribution in [0.25, 0.3) is 0 Å². The Labute approximate surface area is 154 Å². The molecule has 136 valence electrons. The number of para-hydroxylation sites is 1. The minimum absolute atomic E-state index is 0.499. The van der Waals surface area contributed by atoms with Gasteiger partial charge in [-0.05, 0) is 41.0 Å². The number of fused-ring (bicyclic) bond motifs is 1. The fourth-order valence-electron chi connectivity index (χ4n) is 3.11. The van der Waals surface area contributed by atoms with Crippen molar-refractivity contribution in [2.24, 2.45) is 4.99 Å². The average Bonchev–Trinajstić information content (AvgIpc) is 3.11. The monoisotopic (exact) mass is 367 g/mol. The number of halogens is 3. The topological polar surface area (TPSA) is 37.3 Å². The van der Waals surface area contributed by atoms with Crippen molar-refractivity contribution in [3.8, 4) is 0 Å². The van der Waals surface area contributed by atoms with E-state index in [1.165, 1.54) is 6.07 Å². The smallest absolute Gasteiger partial charge is 0.379 e.